The molecule has 3 aromatic rings. The summed E-state index contributed by atoms with van der Waals surface area (Å²) in [5, 5.41) is 0.350. The zero-order valence-electron chi connectivity index (χ0n) is 14.3. The number of nitrogens with two attached hydrogens (primary N) is 1. The van der Waals surface area contributed by atoms with Crippen LogP contribution in [0.5, 0.6) is 0 Å². The molecule has 0 spiro atoms. The second kappa shape index (κ2) is 7.53. The summed E-state index contributed by atoms with van der Waals surface area (Å²) in [4.78, 5) is 36.5. The molecular formula is C19H21F2N3O3. The first-order valence-electron chi connectivity index (χ1n) is 8.34. The Morgan fingerprint density at radius 1 is 1.19 bits per heavy atom. The van der Waals surface area contributed by atoms with Crippen LogP contribution in [0.25, 0.3) is 10.9 Å². The van der Waals surface area contributed by atoms with Gasteiger partial charge >= 0.3 is 5.69 Å². The molecule has 0 unspecified atom stereocenters. The molecule has 0 atom stereocenters. The van der Waals surface area contributed by atoms with Crippen LogP contribution in [0.1, 0.15) is 20.4 Å². The molecule has 0 bridgehead atoms. The van der Waals surface area contributed by atoms with Crippen LogP contribution in [0.15, 0.2) is 46.0 Å². The van der Waals surface area contributed by atoms with Gasteiger partial charge in [0.05, 0.1) is 10.9 Å². The molecule has 0 aliphatic heterocycles. The minimum absolute atomic E-state index is 0. The van der Waals surface area contributed by atoms with E-state index in [4.69, 9.17) is 5.73 Å². The van der Waals surface area contributed by atoms with Gasteiger partial charge in [0, 0.05) is 8.92 Å². The fourth-order valence-electron chi connectivity index (χ4n) is 3.11. The van der Waals surface area contributed by atoms with Gasteiger partial charge in [0.25, 0.3) is 5.56 Å². The number of aromatic nitrogens is 2. The Hall–Kier alpha value is -3.29. The van der Waals surface area contributed by atoms with Gasteiger partial charge < -0.3 is 10.7 Å². The van der Waals surface area contributed by atoms with Crippen molar-refractivity contribution < 1.29 is 16.4 Å². The number of carbonyl (C=O) groups excluding carboxylic acids is 1. The van der Waals surface area contributed by atoms with Gasteiger partial charge in [-0.05, 0) is 48.6 Å². The second-order valence-corrected chi connectivity index (χ2v) is 6.21. The van der Waals surface area contributed by atoms with E-state index in [-0.39, 0.29) is 8.67 Å². The lowest BCUT2D eigenvalue weighted by molar-refractivity contribution is -0.118. The Morgan fingerprint density at radius 3 is 2.67 bits per heavy atom. The topological polar surface area (TPSA) is 97.9 Å². The number of aromatic amines is 1. The molecule has 8 heteroatoms. The number of H-pyrrole nitrogens is 1. The highest BCUT2D eigenvalue weighted by atomic mass is 19.1. The number of primary amides is 1. The van der Waals surface area contributed by atoms with E-state index in [1.807, 2.05) is 0 Å². The van der Waals surface area contributed by atoms with Crippen LogP contribution in [0.2, 0.25) is 0 Å². The largest absolute Gasteiger partial charge is 0.368 e. The van der Waals surface area contributed by atoms with Gasteiger partial charge in [-0.2, -0.15) is 0 Å². The first-order valence-corrected chi connectivity index (χ1v) is 8.34. The Balaban J connectivity index is 0.000000286. The van der Waals surface area contributed by atoms with Crippen molar-refractivity contribution in [2.24, 2.45) is 5.73 Å². The van der Waals surface area contributed by atoms with Gasteiger partial charge in [-0.3, -0.25) is 14.2 Å². The summed E-state index contributed by atoms with van der Waals surface area (Å²) in [7, 11) is 0. The number of rotatable bonds is 2. The molecule has 144 valence electrons. The zero-order valence-corrected chi connectivity index (χ0v) is 14.3. The molecular weight excluding hydrogens is 356 g/mol. The van der Waals surface area contributed by atoms with Crippen LogP contribution in [0.4, 0.5) is 8.78 Å². The number of fused-ring (bicyclic) bond motifs is 2. The van der Waals surface area contributed by atoms with E-state index >= 15 is 0 Å². The minimum atomic E-state index is -0.733. The molecule has 1 amide bonds. The van der Waals surface area contributed by atoms with Crippen molar-refractivity contribution in [1.29, 1.82) is 0 Å². The predicted octanol–water partition coefficient (Wildman–Crippen LogP) is 2.12. The van der Waals surface area contributed by atoms with Crippen molar-refractivity contribution in [1.82, 2.24) is 9.55 Å². The molecule has 0 saturated heterocycles. The number of nitrogens with one attached hydrogen (secondary N) is 1. The van der Waals surface area contributed by atoms with Crippen molar-refractivity contribution in [2.75, 3.05) is 0 Å². The van der Waals surface area contributed by atoms with Gasteiger partial charge in [0.15, 0.2) is 0 Å². The first-order chi connectivity index (χ1) is 12.9. The highest BCUT2D eigenvalue weighted by Crippen LogP contribution is 2.25. The smallest absolute Gasteiger partial charge is 0.329 e. The van der Waals surface area contributed by atoms with Crippen LogP contribution in [-0.4, -0.2) is 15.5 Å². The maximum absolute atomic E-state index is 12.9. The van der Waals surface area contributed by atoms with Gasteiger partial charge in [0.2, 0.25) is 5.91 Å². The maximum Gasteiger partial charge on any atom is 0.329 e. The standard InChI is InChI=1S/C10H9N3O3.C9H8F2.2H2/c11-8(14)5-13-9(15)6-3-1-2-4-7(6)12-10(13)16;10-7-4-6-2-1-3-8(6)9(11)5-7;;/h1-4H,5H2,(H2,11,14)(H,12,16);4-5H,1-3H2;2*1H. The molecule has 27 heavy (non-hydrogen) atoms. The quantitative estimate of drug-likeness (QED) is 0.716. The first kappa shape index (κ1) is 18.5. The van der Waals surface area contributed by atoms with Crippen LogP contribution in [-0.2, 0) is 24.2 Å². The third-order valence-corrected chi connectivity index (χ3v) is 4.33. The van der Waals surface area contributed by atoms with Gasteiger partial charge in [0.1, 0.15) is 18.2 Å². The van der Waals surface area contributed by atoms with E-state index in [1.54, 1.807) is 24.3 Å². The number of para-hydroxylation sites is 1. The fourth-order valence-corrected chi connectivity index (χ4v) is 3.11. The molecule has 6 nitrogen and oxygen atoms in total. The Kier molecular flexibility index (Phi) is 5.16. The fraction of sp³-hybridized carbons (Fsp3) is 0.211. The summed E-state index contributed by atoms with van der Waals surface area (Å²) in [6.07, 6.45) is 2.54. The lowest BCUT2D eigenvalue weighted by Gasteiger charge is -2.03. The lowest BCUT2D eigenvalue weighted by Crippen LogP contribution is -2.38. The molecule has 0 saturated carbocycles. The summed E-state index contributed by atoms with van der Waals surface area (Å²) >= 11 is 0. The summed E-state index contributed by atoms with van der Waals surface area (Å²) in [5.74, 6) is -1.57. The number of amides is 1. The van der Waals surface area contributed by atoms with Gasteiger partial charge in [-0.1, -0.05) is 12.1 Å². The SMILES string of the molecule is Fc1cc(F)c2c(c1)CCC2.NC(=O)Cn1c(=O)[nH]c2ccccc2c1=O.[HH].[HH]. The Labute approximate surface area is 155 Å². The van der Waals surface area contributed by atoms with Crippen molar-refractivity contribution in [3.05, 3.63) is 80.0 Å². The zero-order chi connectivity index (χ0) is 19.6. The van der Waals surface area contributed by atoms with E-state index < -0.39 is 29.5 Å². The number of hydrogen-bond donors (Lipinski definition) is 2. The normalized spacial score (nSPS) is 12.4. The van der Waals surface area contributed by atoms with E-state index in [2.05, 4.69) is 4.98 Å². The van der Waals surface area contributed by atoms with E-state index in [0.29, 0.717) is 16.5 Å². The summed E-state index contributed by atoms with van der Waals surface area (Å²) < 4.78 is 26.3. The van der Waals surface area contributed by atoms with Crippen LogP contribution < -0.4 is 17.0 Å². The van der Waals surface area contributed by atoms with Crippen molar-refractivity contribution in [2.45, 2.75) is 25.8 Å². The van der Waals surface area contributed by atoms with Crippen molar-refractivity contribution in [3.8, 4) is 0 Å². The molecule has 0 radical (unpaired) electrons. The summed E-state index contributed by atoms with van der Waals surface area (Å²) in [6, 6.07) is 8.97. The molecule has 3 N–H and O–H groups in total. The number of hydrogen-bond acceptors (Lipinski definition) is 3. The number of halogens is 2. The molecule has 1 aromatic heterocycles. The number of carbonyl (C=O) groups is 1. The Morgan fingerprint density at radius 2 is 1.93 bits per heavy atom. The van der Waals surface area contributed by atoms with E-state index in [9.17, 15) is 23.2 Å². The highest BCUT2D eigenvalue weighted by Gasteiger charge is 2.15. The molecule has 1 heterocycles. The monoisotopic (exact) mass is 377 g/mol. The second-order valence-electron chi connectivity index (χ2n) is 6.21. The van der Waals surface area contributed by atoms with Gasteiger partial charge in [-0.25, -0.2) is 13.6 Å². The molecule has 2 aromatic carbocycles. The maximum atomic E-state index is 12.9. The van der Waals surface area contributed by atoms with Crippen LogP contribution in [0, 0.1) is 11.6 Å². The predicted molar refractivity (Wildman–Crippen MR) is 101 cm³/mol. The van der Waals surface area contributed by atoms with Crippen LogP contribution in [0.3, 0.4) is 0 Å². The van der Waals surface area contributed by atoms with Crippen molar-refractivity contribution in [3.63, 3.8) is 0 Å². The number of aryl methyl sites for hydroxylation is 1. The third kappa shape index (κ3) is 3.94. The Bertz CT molecular complexity index is 1150. The number of benzene rings is 2. The molecule has 4 rings (SSSR count). The summed E-state index contributed by atoms with van der Waals surface area (Å²) in [6.45, 7) is -0.418. The molecule has 1 aliphatic rings. The van der Waals surface area contributed by atoms with Gasteiger partial charge in [-0.15, -0.1) is 0 Å². The average molecular weight is 377 g/mol. The van der Waals surface area contributed by atoms with Crippen LogP contribution >= 0.6 is 0 Å². The minimum Gasteiger partial charge on any atom is -0.368 e. The van der Waals surface area contributed by atoms with Crippen molar-refractivity contribution >= 4 is 16.8 Å². The summed E-state index contributed by atoms with van der Waals surface area (Å²) in [5.41, 5.74) is 5.81. The third-order valence-electron chi connectivity index (χ3n) is 4.33. The number of nitrogens with zero attached hydrogens (tertiary/aromatic N) is 1. The highest BCUT2D eigenvalue weighted by molar-refractivity contribution is 5.78. The lowest BCUT2D eigenvalue weighted by atomic mass is 10.1. The average Bonchev–Trinajstić information content (AvgIpc) is 3.08. The molecule has 1 aliphatic carbocycles. The van der Waals surface area contributed by atoms with E-state index in [1.165, 1.54) is 6.07 Å². The van der Waals surface area contributed by atoms with E-state index in [0.717, 1.165) is 35.5 Å². The molecule has 0 fully saturated rings.